The van der Waals surface area contributed by atoms with Crippen molar-refractivity contribution in [3.63, 3.8) is 0 Å². The number of rotatable bonds is 2. The van der Waals surface area contributed by atoms with Gasteiger partial charge in [-0.25, -0.2) is 4.98 Å². The first kappa shape index (κ1) is 8.75. The molecule has 2 rings (SSSR count). The van der Waals surface area contributed by atoms with Gasteiger partial charge in [0.05, 0.1) is 12.6 Å². The van der Waals surface area contributed by atoms with Crippen molar-refractivity contribution in [3.05, 3.63) is 18.2 Å². The van der Waals surface area contributed by atoms with Gasteiger partial charge in [-0.2, -0.15) is 0 Å². The summed E-state index contributed by atoms with van der Waals surface area (Å²) in [6.45, 7) is 6.08. The Bertz CT molecular complexity index is 274. The molecule has 1 aliphatic heterocycles. The molecular weight excluding hydrogens is 164 g/mol. The predicted molar refractivity (Wildman–Crippen MR) is 50.8 cm³/mol. The van der Waals surface area contributed by atoms with E-state index in [1.165, 1.54) is 5.82 Å². The van der Waals surface area contributed by atoms with Gasteiger partial charge in [-0.3, -0.25) is 0 Å². The topological polar surface area (TPSA) is 27.1 Å². The lowest BCUT2D eigenvalue weighted by atomic mass is 10.2. The van der Waals surface area contributed by atoms with E-state index >= 15 is 0 Å². The van der Waals surface area contributed by atoms with Crippen LogP contribution in [0.1, 0.15) is 38.1 Å². The van der Waals surface area contributed by atoms with Crippen LogP contribution in [-0.2, 0) is 4.74 Å². The van der Waals surface area contributed by atoms with Crippen LogP contribution in [0.15, 0.2) is 12.4 Å². The summed E-state index contributed by atoms with van der Waals surface area (Å²) in [4.78, 5) is 4.37. The third-order valence-electron chi connectivity index (χ3n) is 2.51. The van der Waals surface area contributed by atoms with Crippen molar-refractivity contribution in [1.29, 1.82) is 0 Å². The van der Waals surface area contributed by atoms with E-state index in [0.717, 1.165) is 19.6 Å². The molecule has 2 heterocycles. The molecule has 0 aromatic carbocycles. The molecule has 0 radical (unpaired) electrons. The number of ether oxygens (including phenoxy) is 1. The van der Waals surface area contributed by atoms with Gasteiger partial charge < -0.3 is 9.30 Å². The highest BCUT2D eigenvalue weighted by Crippen LogP contribution is 2.23. The minimum absolute atomic E-state index is 0.496. The van der Waals surface area contributed by atoms with Gasteiger partial charge in [-0.1, -0.05) is 13.8 Å². The lowest BCUT2D eigenvalue weighted by Gasteiger charge is -2.15. The van der Waals surface area contributed by atoms with Crippen LogP contribution < -0.4 is 0 Å². The summed E-state index contributed by atoms with van der Waals surface area (Å²) in [5.41, 5.74) is 0. The van der Waals surface area contributed by atoms with E-state index in [1.54, 1.807) is 0 Å². The molecule has 1 aromatic heterocycles. The van der Waals surface area contributed by atoms with Crippen molar-refractivity contribution in [2.24, 2.45) is 0 Å². The quantitative estimate of drug-likeness (QED) is 0.695. The normalized spacial score (nSPS) is 22.8. The highest BCUT2D eigenvalue weighted by molar-refractivity contribution is 5.00. The summed E-state index contributed by atoms with van der Waals surface area (Å²) < 4.78 is 7.63. The van der Waals surface area contributed by atoms with Crippen molar-refractivity contribution in [2.75, 3.05) is 13.2 Å². The van der Waals surface area contributed by atoms with Gasteiger partial charge in [0.15, 0.2) is 0 Å². The van der Waals surface area contributed by atoms with E-state index in [4.69, 9.17) is 4.74 Å². The van der Waals surface area contributed by atoms with Crippen molar-refractivity contribution < 1.29 is 4.74 Å². The molecule has 3 heteroatoms. The Balaban J connectivity index is 2.23. The van der Waals surface area contributed by atoms with Crippen molar-refractivity contribution >= 4 is 0 Å². The van der Waals surface area contributed by atoms with Gasteiger partial charge in [-0.15, -0.1) is 0 Å². The van der Waals surface area contributed by atoms with Gasteiger partial charge in [-0.05, 0) is 6.42 Å². The van der Waals surface area contributed by atoms with Crippen LogP contribution >= 0.6 is 0 Å². The van der Waals surface area contributed by atoms with E-state index in [-0.39, 0.29) is 0 Å². The zero-order valence-electron chi connectivity index (χ0n) is 8.23. The average Bonchev–Trinajstić information content (AvgIpc) is 2.74. The van der Waals surface area contributed by atoms with Crippen LogP contribution in [0.25, 0.3) is 0 Å². The van der Waals surface area contributed by atoms with Gasteiger partial charge in [0.2, 0.25) is 0 Å². The number of hydrogen-bond acceptors (Lipinski definition) is 2. The number of hydrogen-bond donors (Lipinski definition) is 0. The first-order valence-corrected chi connectivity index (χ1v) is 4.89. The maximum Gasteiger partial charge on any atom is 0.111 e. The molecule has 0 bridgehead atoms. The number of aromatic nitrogens is 2. The summed E-state index contributed by atoms with van der Waals surface area (Å²) in [7, 11) is 0. The molecule has 0 spiro atoms. The zero-order valence-corrected chi connectivity index (χ0v) is 8.23. The van der Waals surface area contributed by atoms with E-state index in [9.17, 15) is 0 Å². The number of nitrogens with zero attached hydrogens (tertiary/aromatic N) is 2. The maximum atomic E-state index is 5.37. The zero-order chi connectivity index (χ0) is 9.26. The second kappa shape index (κ2) is 3.50. The molecule has 1 unspecified atom stereocenters. The van der Waals surface area contributed by atoms with Crippen molar-refractivity contribution in [1.82, 2.24) is 9.55 Å². The average molecular weight is 180 g/mol. The highest BCUT2D eigenvalue weighted by Gasteiger charge is 2.20. The first-order valence-electron chi connectivity index (χ1n) is 4.89. The fourth-order valence-electron chi connectivity index (χ4n) is 1.82. The second-order valence-corrected chi connectivity index (χ2v) is 3.86. The monoisotopic (exact) mass is 180 g/mol. The minimum atomic E-state index is 0.496. The summed E-state index contributed by atoms with van der Waals surface area (Å²) in [6.07, 6.45) is 5.07. The molecular formula is C10H16N2O. The standard InChI is InChI=1S/C10H16N2O/c1-8(2)10-11-4-5-12(10)9-3-6-13-7-9/h4-5,8-9H,3,6-7H2,1-2H3. The SMILES string of the molecule is CC(C)c1nccn1C1CCOC1. The Morgan fingerprint density at radius 2 is 2.46 bits per heavy atom. The molecule has 0 amide bonds. The van der Waals surface area contributed by atoms with Gasteiger partial charge in [0.1, 0.15) is 5.82 Å². The molecule has 1 aliphatic rings. The maximum absolute atomic E-state index is 5.37. The molecule has 13 heavy (non-hydrogen) atoms. The Morgan fingerprint density at radius 1 is 1.62 bits per heavy atom. The predicted octanol–water partition coefficient (Wildman–Crippen LogP) is 1.97. The Morgan fingerprint density at radius 3 is 3.08 bits per heavy atom. The minimum Gasteiger partial charge on any atom is -0.379 e. The summed E-state index contributed by atoms with van der Waals surface area (Å²) >= 11 is 0. The highest BCUT2D eigenvalue weighted by atomic mass is 16.5. The molecule has 72 valence electrons. The second-order valence-electron chi connectivity index (χ2n) is 3.86. The van der Waals surface area contributed by atoms with E-state index in [2.05, 4.69) is 29.6 Å². The van der Waals surface area contributed by atoms with Crippen LogP contribution in [0.2, 0.25) is 0 Å². The lowest BCUT2D eigenvalue weighted by Crippen LogP contribution is -2.12. The third kappa shape index (κ3) is 1.61. The molecule has 0 N–H and O–H groups in total. The van der Waals surface area contributed by atoms with Crippen LogP contribution in [0.3, 0.4) is 0 Å². The summed E-state index contributed by atoms with van der Waals surface area (Å²) in [5.74, 6) is 1.67. The van der Waals surface area contributed by atoms with Crippen molar-refractivity contribution in [3.8, 4) is 0 Å². The van der Waals surface area contributed by atoms with E-state index in [1.807, 2.05) is 6.20 Å². The van der Waals surface area contributed by atoms with Crippen LogP contribution in [0, 0.1) is 0 Å². The largest absolute Gasteiger partial charge is 0.379 e. The molecule has 1 fully saturated rings. The van der Waals surface area contributed by atoms with E-state index in [0.29, 0.717) is 12.0 Å². The number of imidazole rings is 1. The summed E-state index contributed by atoms with van der Waals surface area (Å²) in [6, 6.07) is 0.514. The summed E-state index contributed by atoms with van der Waals surface area (Å²) in [5, 5.41) is 0. The van der Waals surface area contributed by atoms with Crippen LogP contribution in [-0.4, -0.2) is 22.8 Å². The molecule has 1 atom stereocenters. The Labute approximate surface area is 78.7 Å². The van der Waals surface area contributed by atoms with Gasteiger partial charge in [0, 0.05) is 24.9 Å². The molecule has 0 aliphatic carbocycles. The first-order chi connectivity index (χ1) is 6.29. The molecule has 1 saturated heterocycles. The Kier molecular flexibility index (Phi) is 2.36. The van der Waals surface area contributed by atoms with Gasteiger partial charge >= 0.3 is 0 Å². The Hall–Kier alpha value is -0.830. The third-order valence-corrected chi connectivity index (χ3v) is 2.51. The molecule has 0 saturated carbocycles. The lowest BCUT2D eigenvalue weighted by molar-refractivity contribution is 0.186. The molecule has 1 aromatic rings. The van der Waals surface area contributed by atoms with Crippen molar-refractivity contribution in [2.45, 2.75) is 32.2 Å². The van der Waals surface area contributed by atoms with Crippen LogP contribution in [0.4, 0.5) is 0 Å². The van der Waals surface area contributed by atoms with Gasteiger partial charge in [0.25, 0.3) is 0 Å². The smallest absolute Gasteiger partial charge is 0.111 e. The fraction of sp³-hybridized carbons (Fsp3) is 0.700. The molecule has 3 nitrogen and oxygen atoms in total. The van der Waals surface area contributed by atoms with E-state index < -0.39 is 0 Å². The van der Waals surface area contributed by atoms with Crippen LogP contribution in [0.5, 0.6) is 0 Å². The fourth-order valence-corrected chi connectivity index (χ4v) is 1.82.